The Kier molecular flexibility index (Phi) is 8.87. The van der Waals surface area contributed by atoms with Crippen molar-refractivity contribution in [3.8, 4) is 11.5 Å². The van der Waals surface area contributed by atoms with Gasteiger partial charge in [0.1, 0.15) is 0 Å². The number of ether oxygens (including phenoxy) is 3. The molecule has 0 unspecified atom stereocenters. The molecule has 0 bridgehead atoms. The van der Waals surface area contributed by atoms with Crippen LogP contribution >= 0.6 is 0 Å². The summed E-state index contributed by atoms with van der Waals surface area (Å²) in [5.41, 5.74) is 7.61. The van der Waals surface area contributed by atoms with E-state index in [-0.39, 0.29) is 29.6 Å². The molecule has 8 nitrogen and oxygen atoms in total. The summed E-state index contributed by atoms with van der Waals surface area (Å²) in [6.45, 7) is 4.00. The summed E-state index contributed by atoms with van der Waals surface area (Å²) < 4.78 is 15.4. The van der Waals surface area contributed by atoms with Crippen molar-refractivity contribution in [2.75, 3.05) is 26.9 Å². The van der Waals surface area contributed by atoms with Crippen LogP contribution in [0.25, 0.3) is 0 Å². The van der Waals surface area contributed by atoms with Gasteiger partial charge in [0.05, 0.1) is 12.7 Å². The number of hydrogen-bond acceptors (Lipinski definition) is 6. The third kappa shape index (κ3) is 7.65. The van der Waals surface area contributed by atoms with Crippen molar-refractivity contribution in [3.63, 3.8) is 0 Å². The minimum absolute atomic E-state index is 0.182. The van der Waals surface area contributed by atoms with E-state index in [2.05, 4.69) is 31.3 Å². The van der Waals surface area contributed by atoms with E-state index in [1.165, 1.54) is 30.9 Å². The zero-order valence-electron chi connectivity index (χ0n) is 18.0. The minimum atomic E-state index is -0.681. The predicted octanol–water partition coefficient (Wildman–Crippen LogP) is 2.20. The molecule has 0 spiro atoms. The molecule has 0 radical (unpaired) electrons. The van der Waals surface area contributed by atoms with Crippen LogP contribution in [0, 0.1) is 0 Å². The van der Waals surface area contributed by atoms with Crippen LogP contribution in [0.3, 0.4) is 0 Å². The summed E-state index contributed by atoms with van der Waals surface area (Å²) in [4.78, 5) is 35.0. The first kappa shape index (κ1) is 23.7. The van der Waals surface area contributed by atoms with Crippen LogP contribution in [-0.2, 0) is 20.7 Å². The van der Waals surface area contributed by atoms with E-state index in [4.69, 9.17) is 19.9 Å². The smallest absolute Gasteiger partial charge is 0.338 e. The second-order valence-electron chi connectivity index (χ2n) is 7.19. The molecule has 0 aliphatic heterocycles. The van der Waals surface area contributed by atoms with Crippen LogP contribution < -0.4 is 20.5 Å². The molecule has 0 atom stereocenters. The lowest BCUT2D eigenvalue weighted by molar-refractivity contribution is -0.124. The second kappa shape index (κ2) is 11.6. The van der Waals surface area contributed by atoms with Crippen LogP contribution in [0.1, 0.15) is 41.3 Å². The second-order valence-corrected chi connectivity index (χ2v) is 7.19. The highest BCUT2D eigenvalue weighted by atomic mass is 16.5. The maximum Gasteiger partial charge on any atom is 0.338 e. The van der Waals surface area contributed by atoms with E-state index in [0.29, 0.717) is 18.9 Å². The summed E-state index contributed by atoms with van der Waals surface area (Å²) in [5, 5.41) is 2.73. The molecule has 0 heterocycles. The van der Waals surface area contributed by atoms with E-state index in [9.17, 15) is 14.4 Å². The van der Waals surface area contributed by atoms with Gasteiger partial charge in [0.15, 0.2) is 24.7 Å². The van der Waals surface area contributed by atoms with Crippen molar-refractivity contribution in [2.24, 2.45) is 5.73 Å². The Morgan fingerprint density at radius 3 is 2.32 bits per heavy atom. The van der Waals surface area contributed by atoms with Gasteiger partial charge >= 0.3 is 5.97 Å². The largest absolute Gasteiger partial charge is 0.493 e. The molecular formula is C23H28N2O6. The number of rotatable bonds is 11. The molecule has 3 N–H and O–H groups in total. The quantitative estimate of drug-likeness (QED) is 0.530. The Morgan fingerprint density at radius 1 is 1.00 bits per heavy atom. The van der Waals surface area contributed by atoms with E-state index >= 15 is 0 Å². The van der Waals surface area contributed by atoms with E-state index in [1.54, 1.807) is 0 Å². The summed E-state index contributed by atoms with van der Waals surface area (Å²) in [6.07, 6.45) is 0.683. The van der Waals surface area contributed by atoms with Gasteiger partial charge in [-0.05, 0) is 41.7 Å². The zero-order chi connectivity index (χ0) is 22.8. The Balaban J connectivity index is 1.79. The number of benzene rings is 2. The average Bonchev–Trinajstić information content (AvgIpc) is 2.76. The third-order valence-corrected chi connectivity index (χ3v) is 4.49. The van der Waals surface area contributed by atoms with Crippen molar-refractivity contribution < 1.29 is 28.6 Å². The minimum Gasteiger partial charge on any atom is -0.493 e. The van der Waals surface area contributed by atoms with Gasteiger partial charge in [-0.2, -0.15) is 0 Å². The number of primary amides is 1. The summed E-state index contributed by atoms with van der Waals surface area (Å²) >= 11 is 0. The molecule has 0 saturated heterocycles. The Morgan fingerprint density at radius 2 is 1.71 bits per heavy atom. The molecule has 0 saturated carbocycles. The molecule has 0 aliphatic carbocycles. The summed E-state index contributed by atoms with van der Waals surface area (Å²) in [7, 11) is 1.39. The zero-order valence-corrected chi connectivity index (χ0v) is 18.0. The molecule has 2 rings (SSSR count). The maximum absolute atomic E-state index is 12.2. The molecule has 0 aliphatic rings. The topological polar surface area (TPSA) is 117 Å². The predicted molar refractivity (Wildman–Crippen MR) is 115 cm³/mol. The highest BCUT2D eigenvalue weighted by Crippen LogP contribution is 2.28. The fourth-order valence-electron chi connectivity index (χ4n) is 2.74. The molecule has 8 heteroatoms. The molecule has 2 amide bonds. The Labute approximate surface area is 181 Å². The standard InChI is InChI=1S/C23H28N2O6/c1-15(2)17-6-4-16(5-7-17)10-11-25-22(27)14-31-23(28)18-8-9-19(20(12-18)29-3)30-13-21(24)26/h4-9,12,15H,10-11,13-14H2,1-3H3,(H2,24,26)(H,25,27). The average molecular weight is 428 g/mol. The lowest BCUT2D eigenvalue weighted by Gasteiger charge is -2.11. The van der Waals surface area contributed by atoms with Crippen molar-refractivity contribution >= 4 is 17.8 Å². The lowest BCUT2D eigenvalue weighted by atomic mass is 10.0. The van der Waals surface area contributed by atoms with Gasteiger partial charge < -0.3 is 25.3 Å². The van der Waals surface area contributed by atoms with Crippen molar-refractivity contribution in [2.45, 2.75) is 26.2 Å². The number of nitrogens with one attached hydrogen (secondary N) is 1. The molecule has 31 heavy (non-hydrogen) atoms. The highest BCUT2D eigenvalue weighted by molar-refractivity contribution is 5.92. The van der Waals surface area contributed by atoms with E-state index < -0.39 is 18.5 Å². The van der Waals surface area contributed by atoms with Gasteiger partial charge in [-0.1, -0.05) is 38.1 Å². The maximum atomic E-state index is 12.2. The summed E-state index contributed by atoms with van der Waals surface area (Å²) in [6, 6.07) is 12.6. The van der Waals surface area contributed by atoms with Crippen LogP contribution in [-0.4, -0.2) is 44.7 Å². The van der Waals surface area contributed by atoms with Crippen LogP contribution in [0.2, 0.25) is 0 Å². The molecule has 166 valence electrons. The van der Waals surface area contributed by atoms with Crippen LogP contribution in [0.5, 0.6) is 11.5 Å². The SMILES string of the molecule is COc1cc(C(=O)OCC(=O)NCCc2ccc(C(C)C)cc2)ccc1OCC(N)=O. The number of nitrogens with two attached hydrogens (primary N) is 1. The number of methoxy groups -OCH3 is 1. The molecule has 2 aromatic carbocycles. The van der Waals surface area contributed by atoms with Crippen molar-refractivity contribution in [1.29, 1.82) is 0 Å². The Hall–Kier alpha value is -3.55. The molecular weight excluding hydrogens is 400 g/mol. The van der Waals surface area contributed by atoms with Crippen molar-refractivity contribution in [3.05, 3.63) is 59.2 Å². The van der Waals surface area contributed by atoms with Gasteiger partial charge in [0.25, 0.3) is 11.8 Å². The van der Waals surface area contributed by atoms with Gasteiger partial charge in [0, 0.05) is 6.54 Å². The lowest BCUT2D eigenvalue weighted by Crippen LogP contribution is -2.30. The number of carbonyl (C=O) groups excluding carboxylic acids is 3. The first-order valence-electron chi connectivity index (χ1n) is 9.92. The normalized spacial score (nSPS) is 10.5. The third-order valence-electron chi connectivity index (χ3n) is 4.49. The first-order chi connectivity index (χ1) is 14.8. The van der Waals surface area contributed by atoms with Crippen molar-refractivity contribution in [1.82, 2.24) is 5.32 Å². The van der Waals surface area contributed by atoms with Gasteiger partial charge in [0.2, 0.25) is 0 Å². The number of hydrogen-bond donors (Lipinski definition) is 2. The monoisotopic (exact) mass is 428 g/mol. The van der Waals surface area contributed by atoms with Crippen LogP contribution in [0.15, 0.2) is 42.5 Å². The van der Waals surface area contributed by atoms with Gasteiger partial charge in [-0.25, -0.2) is 4.79 Å². The van der Waals surface area contributed by atoms with E-state index in [0.717, 1.165) is 5.56 Å². The number of amides is 2. The molecule has 0 aromatic heterocycles. The summed E-state index contributed by atoms with van der Waals surface area (Å²) in [5.74, 6) is -0.730. The highest BCUT2D eigenvalue weighted by Gasteiger charge is 2.14. The first-order valence-corrected chi connectivity index (χ1v) is 9.92. The van der Waals surface area contributed by atoms with Gasteiger partial charge in [-0.3, -0.25) is 9.59 Å². The van der Waals surface area contributed by atoms with Crippen LogP contribution in [0.4, 0.5) is 0 Å². The van der Waals surface area contributed by atoms with E-state index in [1.807, 2.05) is 12.1 Å². The fourth-order valence-corrected chi connectivity index (χ4v) is 2.74. The molecule has 0 fully saturated rings. The Bertz CT molecular complexity index is 909. The number of carbonyl (C=O) groups is 3. The molecule has 2 aromatic rings. The number of esters is 1. The van der Waals surface area contributed by atoms with Gasteiger partial charge in [-0.15, -0.1) is 0 Å². The fraction of sp³-hybridized carbons (Fsp3) is 0.348.